The first-order valence-electron chi connectivity index (χ1n) is 5.28. The number of para-hydroxylation sites is 1. The number of halogens is 2. The van der Waals surface area contributed by atoms with Gasteiger partial charge in [0.05, 0.1) is 22.3 Å². The van der Waals surface area contributed by atoms with Crippen molar-refractivity contribution in [3.05, 3.63) is 28.2 Å². The molecule has 1 aromatic rings. The summed E-state index contributed by atoms with van der Waals surface area (Å²) in [6, 6.07) is 5.19. The van der Waals surface area contributed by atoms with Crippen molar-refractivity contribution in [3.8, 4) is 0 Å². The lowest BCUT2D eigenvalue weighted by molar-refractivity contribution is -0.120. The van der Waals surface area contributed by atoms with Crippen molar-refractivity contribution < 1.29 is 4.79 Å². The van der Waals surface area contributed by atoms with Gasteiger partial charge in [-0.05, 0) is 32.9 Å². The lowest BCUT2D eigenvalue weighted by Crippen LogP contribution is -2.43. The molecule has 2 N–H and O–H groups in total. The molecule has 0 aliphatic carbocycles. The predicted molar refractivity (Wildman–Crippen MR) is 72.8 cm³/mol. The lowest BCUT2D eigenvalue weighted by atomic mass is 10.1. The third kappa shape index (κ3) is 4.84. The Labute approximate surface area is 111 Å². The summed E-state index contributed by atoms with van der Waals surface area (Å²) in [4.78, 5) is 11.6. The van der Waals surface area contributed by atoms with Crippen LogP contribution in [0.2, 0.25) is 10.0 Å². The fourth-order valence-corrected chi connectivity index (χ4v) is 1.83. The standard InChI is InChI=1S/C12H16Cl2N2O/c1-12(2,3)16-10(17)7-15-11-8(13)5-4-6-9(11)14/h4-6,15H,7H2,1-3H3,(H,16,17). The number of hydrogen-bond acceptors (Lipinski definition) is 2. The third-order valence-corrected chi connectivity index (χ3v) is 2.53. The lowest BCUT2D eigenvalue weighted by Gasteiger charge is -2.21. The molecule has 0 aliphatic heterocycles. The van der Waals surface area contributed by atoms with Gasteiger partial charge in [-0.25, -0.2) is 0 Å². The molecular weight excluding hydrogens is 259 g/mol. The second-order valence-electron chi connectivity index (χ2n) is 4.75. The minimum atomic E-state index is -0.247. The van der Waals surface area contributed by atoms with Gasteiger partial charge < -0.3 is 10.6 Å². The summed E-state index contributed by atoms with van der Waals surface area (Å²) in [5, 5.41) is 6.77. The SMILES string of the molecule is CC(C)(C)NC(=O)CNc1c(Cl)cccc1Cl. The Bertz CT molecular complexity index is 393. The van der Waals surface area contributed by atoms with Gasteiger partial charge in [0.15, 0.2) is 0 Å². The molecular formula is C12H16Cl2N2O. The summed E-state index contributed by atoms with van der Waals surface area (Å²) in [6.07, 6.45) is 0. The van der Waals surface area contributed by atoms with Gasteiger partial charge in [0.1, 0.15) is 0 Å². The zero-order valence-electron chi connectivity index (χ0n) is 10.1. The summed E-state index contributed by atoms with van der Waals surface area (Å²) in [5.41, 5.74) is 0.336. The van der Waals surface area contributed by atoms with E-state index in [0.717, 1.165) is 0 Å². The molecule has 0 fully saturated rings. The van der Waals surface area contributed by atoms with Crippen LogP contribution in [-0.4, -0.2) is 18.0 Å². The molecule has 0 saturated carbocycles. The second-order valence-corrected chi connectivity index (χ2v) is 5.56. The summed E-state index contributed by atoms with van der Waals surface area (Å²) in [6.45, 7) is 5.91. The second kappa shape index (κ2) is 5.61. The number of nitrogens with one attached hydrogen (secondary N) is 2. The Balaban J connectivity index is 2.59. The smallest absolute Gasteiger partial charge is 0.239 e. The van der Waals surface area contributed by atoms with Gasteiger partial charge >= 0.3 is 0 Å². The molecule has 0 unspecified atom stereocenters. The summed E-state index contributed by atoms with van der Waals surface area (Å²) >= 11 is 11.9. The van der Waals surface area contributed by atoms with Crippen LogP contribution in [0.3, 0.4) is 0 Å². The van der Waals surface area contributed by atoms with Crippen LogP contribution in [0.25, 0.3) is 0 Å². The molecule has 0 atom stereocenters. The van der Waals surface area contributed by atoms with E-state index in [0.29, 0.717) is 15.7 Å². The van der Waals surface area contributed by atoms with Crippen LogP contribution >= 0.6 is 23.2 Å². The van der Waals surface area contributed by atoms with E-state index in [1.807, 2.05) is 20.8 Å². The number of amides is 1. The van der Waals surface area contributed by atoms with Crippen molar-refractivity contribution in [2.45, 2.75) is 26.3 Å². The van der Waals surface area contributed by atoms with Crippen LogP contribution in [-0.2, 0) is 4.79 Å². The van der Waals surface area contributed by atoms with Gasteiger partial charge in [-0.2, -0.15) is 0 Å². The number of anilines is 1. The van der Waals surface area contributed by atoms with E-state index in [1.54, 1.807) is 18.2 Å². The van der Waals surface area contributed by atoms with E-state index >= 15 is 0 Å². The Morgan fingerprint density at radius 1 is 1.24 bits per heavy atom. The minimum absolute atomic E-state index is 0.103. The van der Waals surface area contributed by atoms with E-state index in [4.69, 9.17) is 23.2 Å². The molecule has 0 aromatic heterocycles. The maximum atomic E-state index is 11.6. The van der Waals surface area contributed by atoms with Gasteiger partial charge in [0.2, 0.25) is 5.91 Å². The van der Waals surface area contributed by atoms with Gasteiger partial charge in [-0.15, -0.1) is 0 Å². The molecule has 5 heteroatoms. The van der Waals surface area contributed by atoms with E-state index in [-0.39, 0.29) is 18.0 Å². The topological polar surface area (TPSA) is 41.1 Å². The molecule has 1 aromatic carbocycles. The number of carbonyl (C=O) groups excluding carboxylic acids is 1. The molecule has 1 amide bonds. The van der Waals surface area contributed by atoms with Crippen LogP contribution in [0.15, 0.2) is 18.2 Å². The van der Waals surface area contributed by atoms with Crippen molar-refractivity contribution in [1.82, 2.24) is 5.32 Å². The maximum absolute atomic E-state index is 11.6. The fourth-order valence-electron chi connectivity index (χ4n) is 1.30. The molecule has 0 bridgehead atoms. The Morgan fingerprint density at radius 3 is 2.24 bits per heavy atom. The highest BCUT2D eigenvalue weighted by molar-refractivity contribution is 6.39. The van der Waals surface area contributed by atoms with Gasteiger partial charge in [-0.1, -0.05) is 29.3 Å². The third-order valence-electron chi connectivity index (χ3n) is 1.90. The average Bonchev–Trinajstić information content (AvgIpc) is 2.14. The zero-order chi connectivity index (χ0) is 13.1. The monoisotopic (exact) mass is 274 g/mol. The Morgan fingerprint density at radius 2 is 1.76 bits per heavy atom. The van der Waals surface area contributed by atoms with Crippen LogP contribution in [0.5, 0.6) is 0 Å². The largest absolute Gasteiger partial charge is 0.374 e. The summed E-state index contributed by atoms with van der Waals surface area (Å²) in [7, 11) is 0. The molecule has 0 radical (unpaired) electrons. The van der Waals surface area contributed by atoms with E-state index in [1.165, 1.54) is 0 Å². The van der Waals surface area contributed by atoms with Crippen molar-refractivity contribution in [2.24, 2.45) is 0 Å². The van der Waals surface area contributed by atoms with Crippen molar-refractivity contribution in [3.63, 3.8) is 0 Å². The fraction of sp³-hybridized carbons (Fsp3) is 0.417. The highest BCUT2D eigenvalue weighted by Gasteiger charge is 2.14. The van der Waals surface area contributed by atoms with E-state index < -0.39 is 0 Å². The van der Waals surface area contributed by atoms with Gasteiger partial charge in [0.25, 0.3) is 0 Å². The normalized spacial score (nSPS) is 11.1. The quantitative estimate of drug-likeness (QED) is 0.888. The first kappa shape index (κ1) is 14.1. The Hall–Kier alpha value is -0.930. The maximum Gasteiger partial charge on any atom is 0.239 e. The first-order valence-corrected chi connectivity index (χ1v) is 6.04. The van der Waals surface area contributed by atoms with Crippen LogP contribution in [0.1, 0.15) is 20.8 Å². The highest BCUT2D eigenvalue weighted by atomic mass is 35.5. The number of carbonyl (C=O) groups is 1. The summed E-state index contributed by atoms with van der Waals surface area (Å²) < 4.78 is 0. The predicted octanol–water partition coefficient (Wildman–Crippen LogP) is 3.32. The van der Waals surface area contributed by atoms with E-state index in [9.17, 15) is 4.79 Å². The number of benzene rings is 1. The van der Waals surface area contributed by atoms with Crippen molar-refractivity contribution in [2.75, 3.05) is 11.9 Å². The van der Waals surface area contributed by atoms with Crippen LogP contribution < -0.4 is 10.6 Å². The average molecular weight is 275 g/mol. The minimum Gasteiger partial charge on any atom is -0.374 e. The molecule has 94 valence electrons. The molecule has 1 rings (SSSR count). The molecule has 0 saturated heterocycles. The number of hydrogen-bond donors (Lipinski definition) is 2. The van der Waals surface area contributed by atoms with Gasteiger partial charge in [-0.3, -0.25) is 4.79 Å². The molecule has 0 spiro atoms. The van der Waals surface area contributed by atoms with Crippen molar-refractivity contribution in [1.29, 1.82) is 0 Å². The van der Waals surface area contributed by atoms with Crippen molar-refractivity contribution >= 4 is 34.8 Å². The molecule has 0 heterocycles. The van der Waals surface area contributed by atoms with E-state index in [2.05, 4.69) is 10.6 Å². The number of rotatable bonds is 3. The molecule has 17 heavy (non-hydrogen) atoms. The van der Waals surface area contributed by atoms with Crippen LogP contribution in [0, 0.1) is 0 Å². The molecule has 0 aliphatic rings. The molecule has 3 nitrogen and oxygen atoms in total. The zero-order valence-corrected chi connectivity index (χ0v) is 11.6. The summed E-state index contributed by atoms with van der Waals surface area (Å²) in [5.74, 6) is -0.103. The first-order chi connectivity index (χ1) is 7.79. The van der Waals surface area contributed by atoms with Gasteiger partial charge in [0, 0.05) is 5.54 Å². The Kier molecular flexibility index (Phi) is 4.66. The highest BCUT2D eigenvalue weighted by Crippen LogP contribution is 2.29. The van der Waals surface area contributed by atoms with Crippen LogP contribution in [0.4, 0.5) is 5.69 Å².